The molecule has 1 aliphatic rings. The highest BCUT2D eigenvalue weighted by atomic mass is 16.5. The molecule has 0 saturated heterocycles. The largest absolute Gasteiger partial charge is 0.462 e. The molecule has 2 N–H and O–H groups in total. The summed E-state index contributed by atoms with van der Waals surface area (Å²) in [6, 6.07) is 22.7. The van der Waals surface area contributed by atoms with E-state index in [-0.39, 0.29) is 19.1 Å². The number of nitrogens with zero attached hydrogens (tertiary/aromatic N) is 2. The smallest absolute Gasteiger partial charge is 0.338 e. The lowest BCUT2D eigenvalue weighted by Crippen LogP contribution is -2.22. The van der Waals surface area contributed by atoms with E-state index in [9.17, 15) is 9.59 Å². The first-order valence-corrected chi connectivity index (χ1v) is 11.6. The third kappa shape index (κ3) is 5.65. The van der Waals surface area contributed by atoms with Gasteiger partial charge in [-0.1, -0.05) is 48.5 Å². The predicted octanol–water partition coefficient (Wildman–Crippen LogP) is 4.14. The summed E-state index contributed by atoms with van der Waals surface area (Å²) in [6.07, 6.45) is 0. The van der Waals surface area contributed by atoms with Crippen molar-refractivity contribution in [1.82, 2.24) is 4.90 Å². The highest BCUT2D eigenvalue weighted by molar-refractivity contribution is 6.24. The first-order chi connectivity index (χ1) is 17.0. The van der Waals surface area contributed by atoms with Crippen molar-refractivity contribution in [3.63, 3.8) is 0 Å². The van der Waals surface area contributed by atoms with Crippen molar-refractivity contribution in [2.75, 3.05) is 32.1 Å². The standard InChI is InChI=1S/C28H29N3O4/c1-3-35-28(34)21-11-14-23-24(17-21)30-27(33)25(23)26(20-7-5-4-6-8-20)29-22-12-9-19(10-13-22)18-31(2)15-16-32/h4-14,17,25,32H,3,15-16,18H2,1-2H3,(H,30,33). The second-order valence-corrected chi connectivity index (χ2v) is 8.44. The van der Waals surface area contributed by atoms with Crippen LogP contribution >= 0.6 is 0 Å². The van der Waals surface area contributed by atoms with Crippen LogP contribution in [0.1, 0.15) is 39.9 Å². The molecule has 1 atom stereocenters. The third-order valence-corrected chi connectivity index (χ3v) is 5.86. The Labute approximate surface area is 205 Å². The van der Waals surface area contributed by atoms with Crippen LogP contribution in [0.2, 0.25) is 0 Å². The van der Waals surface area contributed by atoms with Gasteiger partial charge < -0.3 is 15.2 Å². The highest BCUT2D eigenvalue weighted by Gasteiger charge is 2.36. The van der Waals surface area contributed by atoms with Crippen molar-refractivity contribution in [3.05, 3.63) is 95.1 Å². The van der Waals surface area contributed by atoms with Crippen molar-refractivity contribution in [1.29, 1.82) is 0 Å². The molecule has 3 aromatic carbocycles. The number of aliphatic hydroxyl groups is 1. The lowest BCUT2D eigenvalue weighted by molar-refractivity contribution is -0.115. The van der Waals surface area contributed by atoms with E-state index < -0.39 is 11.9 Å². The third-order valence-electron chi connectivity index (χ3n) is 5.86. The Kier molecular flexibility index (Phi) is 7.70. The zero-order chi connectivity index (χ0) is 24.8. The van der Waals surface area contributed by atoms with Gasteiger partial charge in [0.15, 0.2) is 0 Å². The van der Waals surface area contributed by atoms with E-state index >= 15 is 0 Å². The zero-order valence-corrected chi connectivity index (χ0v) is 19.9. The quantitative estimate of drug-likeness (QED) is 0.362. The number of carbonyl (C=O) groups is 2. The van der Waals surface area contributed by atoms with Gasteiger partial charge in [-0.25, -0.2) is 4.79 Å². The van der Waals surface area contributed by atoms with Crippen LogP contribution in [0, 0.1) is 0 Å². The fourth-order valence-electron chi connectivity index (χ4n) is 4.16. The number of aliphatic hydroxyl groups excluding tert-OH is 1. The Bertz CT molecular complexity index is 1220. The van der Waals surface area contributed by atoms with Crippen LogP contribution in [0.3, 0.4) is 0 Å². The number of rotatable bonds is 9. The second kappa shape index (κ2) is 11.1. The van der Waals surface area contributed by atoms with Gasteiger partial charge in [-0.2, -0.15) is 0 Å². The van der Waals surface area contributed by atoms with Gasteiger partial charge >= 0.3 is 5.97 Å². The van der Waals surface area contributed by atoms with Crippen molar-refractivity contribution in [3.8, 4) is 0 Å². The molecular weight excluding hydrogens is 442 g/mol. The van der Waals surface area contributed by atoms with E-state index in [0.717, 1.165) is 28.9 Å². The zero-order valence-electron chi connectivity index (χ0n) is 19.9. The molecule has 0 fully saturated rings. The van der Waals surface area contributed by atoms with E-state index in [1.54, 1.807) is 25.1 Å². The lowest BCUT2D eigenvalue weighted by atomic mass is 9.90. The Morgan fingerprint density at radius 1 is 1.06 bits per heavy atom. The lowest BCUT2D eigenvalue weighted by Gasteiger charge is -2.16. The molecule has 0 radical (unpaired) electrons. The van der Waals surface area contributed by atoms with Gasteiger partial charge in [0, 0.05) is 18.8 Å². The second-order valence-electron chi connectivity index (χ2n) is 8.44. The monoisotopic (exact) mass is 471 g/mol. The Morgan fingerprint density at radius 2 is 1.80 bits per heavy atom. The molecule has 4 rings (SSSR count). The highest BCUT2D eigenvalue weighted by Crippen LogP contribution is 2.37. The van der Waals surface area contributed by atoms with Crippen LogP contribution < -0.4 is 5.32 Å². The Balaban J connectivity index is 1.69. The summed E-state index contributed by atoms with van der Waals surface area (Å²) < 4.78 is 5.09. The molecule has 1 heterocycles. The van der Waals surface area contributed by atoms with Crippen LogP contribution in [0.5, 0.6) is 0 Å². The van der Waals surface area contributed by atoms with Crippen LogP contribution in [0.15, 0.2) is 77.8 Å². The number of fused-ring (bicyclic) bond motifs is 1. The number of ether oxygens (including phenoxy) is 1. The molecule has 1 amide bonds. The first kappa shape index (κ1) is 24.3. The van der Waals surface area contributed by atoms with Crippen molar-refractivity contribution in [2.24, 2.45) is 4.99 Å². The number of aliphatic imine (C=N–C) groups is 1. The first-order valence-electron chi connectivity index (χ1n) is 11.6. The van der Waals surface area contributed by atoms with E-state index in [1.807, 2.05) is 66.5 Å². The van der Waals surface area contributed by atoms with Crippen molar-refractivity contribution >= 4 is 29.0 Å². The number of anilines is 1. The molecule has 0 bridgehead atoms. The van der Waals surface area contributed by atoms with Crippen LogP contribution in [0.25, 0.3) is 0 Å². The fourth-order valence-corrected chi connectivity index (χ4v) is 4.16. The summed E-state index contributed by atoms with van der Waals surface area (Å²) in [4.78, 5) is 32.3. The minimum atomic E-state index is -0.612. The topological polar surface area (TPSA) is 91.2 Å². The van der Waals surface area contributed by atoms with Crippen LogP contribution in [-0.4, -0.2) is 54.4 Å². The fraction of sp³-hybridized carbons (Fsp3) is 0.250. The SMILES string of the molecule is CCOC(=O)c1ccc2c(c1)NC(=O)C2C(=Nc1ccc(CN(C)CCO)cc1)c1ccccc1. The molecule has 0 saturated carbocycles. The predicted molar refractivity (Wildman–Crippen MR) is 136 cm³/mol. The number of amides is 1. The van der Waals surface area contributed by atoms with Gasteiger partial charge in [0.2, 0.25) is 5.91 Å². The molecule has 1 aliphatic heterocycles. The molecule has 0 aromatic heterocycles. The van der Waals surface area contributed by atoms with E-state index in [2.05, 4.69) is 5.32 Å². The van der Waals surface area contributed by atoms with E-state index in [4.69, 9.17) is 14.8 Å². The molecule has 180 valence electrons. The van der Waals surface area contributed by atoms with Crippen LogP contribution in [0.4, 0.5) is 11.4 Å². The molecule has 0 aliphatic carbocycles. The minimum Gasteiger partial charge on any atom is -0.462 e. The number of esters is 1. The average Bonchev–Trinajstić information content (AvgIpc) is 3.19. The molecule has 7 nitrogen and oxygen atoms in total. The summed E-state index contributed by atoms with van der Waals surface area (Å²) in [5.41, 5.74) is 5.09. The van der Waals surface area contributed by atoms with Crippen LogP contribution in [-0.2, 0) is 16.1 Å². The number of nitrogens with one attached hydrogen (secondary N) is 1. The Hall–Kier alpha value is -3.81. The summed E-state index contributed by atoms with van der Waals surface area (Å²) in [6.45, 7) is 3.48. The van der Waals surface area contributed by atoms with E-state index in [1.165, 1.54) is 0 Å². The van der Waals surface area contributed by atoms with Gasteiger partial charge in [0.05, 0.1) is 30.2 Å². The molecule has 3 aromatic rings. The van der Waals surface area contributed by atoms with Crippen molar-refractivity contribution < 1.29 is 19.4 Å². The van der Waals surface area contributed by atoms with Crippen molar-refractivity contribution in [2.45, 2.75) is 19.4 Å². The maximum Gasteiger partial charge on any atom is 0.338 e. The molecule has 1 unspecified atom stereocenters. The number of carbonyl (C=O) groups excluding carboxylic acids is 2. The van der Waals surface area contributed by atoms with Gasteiger partial charge in [-0.05, 0) is 54.9 Å². The number of benzene rings is 3. The normalized spacial score (nSPS) is 15.1. The van der Waals surface area contributed by atoms with E-state index in [0.29, 0.717) is 23.5 Å². The van der Waals surface area contributed by atoms with Gasteiger partial charge in [0.1, 0.15) is 5.92 Å². The van der Waals surface area contributed by atoms with Gasteiger partial charge in [0.25, 0.3) is 0 Å². The summed E-state index contributed by atoms with van der Waals surface area (Å²) in [7, 11) is 1.96. The number of hydrogen-bond acceptors (Lipinski definition) is 6. The molecule has 7 heteroatoms. The summed E-state index contributed by atoms with van der Waals surface area (Å²) in [5, 5.41) is 12.0. The molecule has 0 spiro atoms. The number of likely N-dealkylation sites (N-methyl/N-ethyl adjacent to an activating group) is 1. The molecule has 35 heavy (non-hydrogen) atoms. The van der Waals surface area contributed by atoms with Gasteiger partial charge in [-0.3, -0.25) is 14.7 Å². The average molecular weight is 472 g/mol. The maximum absolute atomic E-state index is 13.1. The minimum absolute atomic E-state index is 0.117. The summed E-state index contributed by atoms with van der Waals surface area (Å²) in [5.74, 6) is -1.22. The van der Waals surface area contributed by atoms with Gasteiger partial charge in [-0.15, -0.1) is 0 Å². The Morgan fingerprint density at radius 3 is 2.49 bits per heavy atom. The molecular formula is C28H29N3O4. The summed E-state index contributed by atoms with van der Waals surface area (Å²) >= 11 is 0. The number of hydrogen-bond donors (Lipinski definition) is 2. The maximum atomic E-state index is 13.1.